The van der Waals surface area contributed by atoms with E-state index >= 15 is 0 Å². The molecule has 0 aliphatic rings. The summed E-state index contributed by atoms with van der Waals surface area (Å²) in [7, 11) is 0. The maximum atomic E-state index is 11.1. The Balaban J connectivity index is 3.59. The highest BCUT2D eigenvalue weighted by atomic mass is 16.1. The van der Waals surface area contributed by atoms with Crippen LogP contribution in [0.1, 0.15) is 32.1 Å². The predicted molar refractivity (Wildman–Crippen MR) is 62.2 cm³/mol. The summed E-state index contributed by atoms with van der Waals surface area (Å²) in [6.45, 7) is 2.15. The fourth-order valence-corrected chi connectivity index (χ4v) is 1.38. The molecule has 0 aliphatic heterocycles. The summed E-state index contributed by atoms with van der Waals surface area (Å²) in [5.41, 5.74) is 16.0. The highest BCUT2D eigenvalue weighted by molar-refractivity contribution is 5.79. The first kappa shape index (κ1) is 14.3. The molecule has 0 aromatic rings. The predicted octanol–water partition coefficient (Wildman–Crippen LogP) is -0.702. The average molecular weight is 216 g/mol. The van der Waals surface area contributed by atoms with Crippen LogP contribution in [0.25, 0.3) is 0 Å². The van der Waals surface area contributed by atoms with Gasteiger partial charge in [-0.05, 0) is 45.3 Å². The van der Waals surface area contributed by atoms with Gasteiger partial charge in [-0.1, -0.05) is 6.42 Å². The quantitative estimate of drug-likeness (QED) is 0.362. The minimum absolute atomic E-state index is 0.214. The van der Waals surface area contributed by atoms with Crippen LogP contribution in [0, 0.1) is 0 Å². The number of unbranched alkanes of at least 4 members (excludes halogenated alkanes) is 2. The van der Waals surface area contributed by atoms with Crippen LogP contribution in [0.15, 0.2) is 0 Å². The Morgan fingerprint density at radius 1 is 1.07 bits per heavy atom. The van der Waals surface area contributed by atoms with Gasteiger partial charge in [0.25, 0.3) is 0 Å². The van der Waals surface area contributed by atoms with Crippen molar-refractivity contribution >= 4 is 5.91 Å². The number of nitrogens with two attached hydrogens (primary N) is 3. The van der Waals surface area contributed by atoms with Gasteiger partial charge >= 0.3 is 0 Å². The van der Waals surface area contributed by atoms with Crippen LogP contribution in [0.2, 0.25) is 0 Å². The van der Waals surface area contributed by atoms with E-state index in [2.05, 4.69) is 5.32 Å². The van der Waals surface area contributed by atoms with Gasteiger partial charge in [-0.25, -0.2) is 0 Å². The molecule has 5 nitrogen and oxygen atoms in total. The van der Waals surface area contributed by atoms with Crippen molar-refractivity contribution in [1.82, 2.24) is 5.32 Å². The van der Waals surface area contributed by atoms with E-state index < -0.39 is 0 Å². The first-order valence-electron chi connectivity index (χ1n) is 5.65. The van der Waals surface area contributed by atoms with E-state index in [4.69, 9.17) is 17.2 Å². The summed E-state index contributed by atoms with van der Waals surface area (Å²) in [6.07, 6.45) is 4.61. The van der Waals surface area contributed by atoms with Gasteiger partial charge in [0.05, 0.1) is 6.04 Å². The molecule has 0 spiro atoms. The zero-order valence-corrected chi connectivity index (χ0v) is 9.37. The molecule has 5 heteroatoms. The van der Waals surface area contributed by atoms with Gasteiger partial charge in [0.2, 0.25) is 5.91 Å². The monoisotopic (exact) mass is 216 g/mol. The minimum Gasteiger partial charge on any atom is -0.368 e. The van der Waals surface area contributed by atoms with Crippen LogP contribution < -0.4 is 22.5 Å². The third kappa shape index (κ3) is 8.35. The number of hydrogen-bond acceptors (Lipinski definition) is 4. The van der Waals surface area contributed by atoms with Crippen molar-refractivity contribution in [3.8, 4) is 0 Å². The van der Waals surface area contributed by atoms with Gasteiger partial charge in [0.15, 0.2) is 0 Å². The topological polar surface area (TPSA) is 107 Å². The van der Waals surface area contributed by atoms with E-state index in [9.17, 15) is 4.79 Å². The number of hydrogen-bond donors (Lipinski definition) is 4. The summed E-state index contributed by atoms with van der Waals surface area (Å²) in [5, 5.41) is 3.14. The molecular formula is C10H24N4O. The molecule has 90 valence electrons. The van der Waals surface area contributed by atoms with Crippen molar-refractivity contribution in [3.05, 3.63) is 0 Å². The molecular weight excluding hydrogens is 192 g/mol. The Morgan fingerprint density at radius 2 is 1.67 bits per heavy atom. The normalized spacial score (nSPS) is 12.7. The van der Waals surface area contributed by atoms with Crippen LogP contribution in [0.5, 0.6) is 0 Å². The van der Waals surface area contributed by atoms with E-state index in [-0.39, 0.29) is 11.9 Å². The number of primary amides is 1. The second kappa shape index (κ2) is 9.89. The van der Waals surface area contributed by atoms with E-state index in [0.29, 0.717) is 13.1 Å². The zero-order valence-electron chi connectivity index (χ0n) is 9.37. The molecule has 0 rings (SSSR count). The molecule has 1 amide bonds. The Kier molecular flexibility index (Phi) is 9.46. The van der Waals surface area contributed by atoms with Crippen LogP contribution in [0.3, 0.4) is 0 Å². The Labute approximate surface area is 91.8 Å². The molecule has 0 aliphatic carbocycles. The standard InChI is InChI=1S/C10H24N4O/c11-6-2-1-5-9(10(13)15)14-8-4-3-7-12/h9,14H,1-8,11-12H2,(H2,13,15)/t9-/m0/s1. The lowest BCUT2D eigenvalue weighted by Gasteiger charge is -2.14. The van der Waals surface area contributed by atoms with Crippen molar-refractivity contribution in [3.63, 3.8) is 0 Å². The van der Waals surface area contributed by atoms with Crippen LogP contribution in [-0.2, 0) is 4.79 Å². The lowest BCUT2D eigenvalue weighted by atomic mass is 10.1. The summed E-state index contributed by atoms with van der Waals surface area (Å²) in [4.78, 5) is 11.1. The van der Waals surface area contributed by atoms with E-state index in [1.54, 1.807) is 0 Å². The summed E-state index contributed by atoms with van der Waals surface area (Å²) >= 11 is 0. The molecule has 0 fully saturated rings. The lowest BCUT2D eigenvalue weighted by Crippen LogP contribution is -2.41. The van der Waals surface area contributed by atoms with Gasteiger partial charge in [0, 0.05) is 0 Å². The molecule has 1 atom stereocenters. The SMILES string of the molecule is NCCCCN[C@@H](CCCCN)C(N)=O. The van der Waals surface area contributed by atoms with Crippen molar-refractivity contribution in [1.29, 1.82) is 0 Å². The van der Waals surface area contributed by atoms with Gasteiger partial charge in [-0.15, -0.1) is 0 Å². The third-order valence-corrected chi connectivity index (χ3v) is 2.31. The Hall–Kier alpha value is -0.650. The number of amides is 1. The van der Waals surface area contributed by atoms with Crippen molar-refractivity contribution in [2.24, 2.45) is 17.2 Å². The first-order chi connectivity index (χ1) is 7.22. The van der Waals surface area contributed by atoms with Crippen LogP contribution in [-0.4, -0.2) is 31.6 Å². The molecule has 0 bridgehead atoms. The summed E-state index contributed by atoms with van der Waals surface area (Å²) < 4.78 is 0. The summed E-state index contributed by atoms with van der Waals surface area (Å²) in [6, 6.07) is -0.214. The highest BCUT2D eigenvalue weighted by Gasteiger charge is 2.12. The molecule has 0 saturated heterocycles. The van der Waals surface area contributed by atoms with E-state index in [0.717, 1.165) is 38.6 Å². The fraction of sp³-hybridized carbons (Fsp3) is 0.900. The van der Waals surface area contributed by atoms with E-state index in [1.807, 2.05) is 0 Å². The van der Waals surface area contributed by atoms with Crippen molar-refractivity contribution < 1.29 is 4.79 Å². The van der Waals surface area contributed by atoms with Gasteiger partial charge in [-0.3, -0.25) is 4.79 Å². The molecule has 0 aromatic heterocycles. The van der Waals surface area contributed by atoms with E-state index in [1.165, 1.54) is 0 Å². The number of carbonyl (C=O) groups excluding carboxylic acids is 1. The average Bonchev–Trinajstić information content (AvgIpc) is 2.21. The maximum absolute atomic E-state index is 11.1. The first-order valence-corrected chi connectivity index (χ1v) is 5.65. The van der Waals surface area contributed by atoms with Crippen LogP contribution >= 0.6 is 0 Å². The van der Waals surface area contributed by atoms with Crippen molar-refractivity contribution in [2.45, 2.75) is 38.1 Å². The molecule has 7 N–H and O–H groups in total. The fourth-order valence-electron chi connectivity index (χ4n) is 1.38. The Morgan fingerprint density at radius 3 is 2.20 bits per heavy atom. The van der Waals surface area contributed by atoms with Gasteiger partial charge in [-0.2, -0.15) is 0 Å². The second-order valence-corrected chi connectivity index (χ2v) is 3.69. The summed E-state index contributed by atoms with van der Waals surface area (Å²) in [5.74, 6) is -0.278. The molecule has 0 aromatic carbocycles. The number of nitrogens with one attached hydrogen (secondary N) is 1. The van der Waals surface area contributed by atoms with Gasteiger partial charge < -0.3 is 22.5 Å². The maximum Gasteiger partial charge on any atom is 0.234 e. The largest absolute Gasteiger partial charge is 0.368 e. The number of rotatable bonds is 10. The second-order valence-electron chi connectivity index (χ2n) is 3.69. The third-order valence-electron chi connectivity index (χ3n) is 2.31. The smallest absolute Gasteiger partial charge is 0.234 e. The molecule has 0 saturated carbocycles. The molecule has 15 heavy (non-hydrogen) atoms. The lowest BCUT2D eigenvalue weighted by molar-refractivity contribution is -0.120. The molecule has 0 radical (unpaired) electrons. The van der Waals surface area contributed by atoms with Crippen LogP contribution in [0.4, 0.5) is 0 Å². The highest BCUT2D eigenvalue weighted by Crippen LogP contribution is 2.00. The Bertz CT molecular complexity index is 164. The number of carbonyl (C=O) groups is 1. The zero-order chi connectivity index (χ0) is 11.5. The molecule has 0 unspecified atom stereocenters. The van der Waals surface area contributed by atoms with Gasteiger partial charge in [0.1, 0.15) is 0 Å². The van der Waals surface area contributed by atoms with Crippen molar-refractivity contribution in [2.75, 3.05) is 19.6 Å². The minimum atomic E-state index is -0.278. The molecule has 0 heterocycles.